The lowest BCUT2D eigenvalue weighted by molar-refractivity contribution is -0.153. The molecule has 1 saturated heterocycles. The molecule has 1 fully saturated rings. The molecule has 1 aliphatic heterocycles. The van der Waals surface area contributed by atoms with Gasteiger partial charge in [0.1, 0.15) is 12.3 Å². The van der Waals surface area contributed by atoms with E-state index in [2.05, 4.69) is 15.2 Å². The third kappa shape index (κ3) is 8.85. The van der Waals surface area contributed by atoms with Crippen molar-refractivity contribution in [2.24, 2.45) is 0 Å². The number of piperazine rings is 1. The number of halogens is 3. The van der Waals surface area contributed by atoms with Crippen LogP contribution in [-0.4, -0.2) is 105 Å². The first-order chi connectivity index (χ1) is 14.7. The SMILES string of the molecule is COCCOc1nc(C)cc(OCC(F)(F)F)c1NC(=O)CN1CCN(CCO)CC1. The van der Waals surface area contributed by atoms with E-state index in [1.165, 1.54) is 13.2 Å². The molecule has 1 aliphatic rings. The summed E-state index contributed by atoms with van der Waals surface area (Å²) in [7, 11) is 1.48. The maximum absolute atomic E-state index is 12.7. The quantitative estimate of drug-likeness (QED) is 0.481. The monoisotopic (exact) mass is 450 g/mol. The highest BCUT2D eigenvalue weighted by Crippen LogP contribution is 2.35. The molecule has 176 valence electrons. The Labute approximate surface area is 179 Å². The largest absolute Gasteiger partial charge is 0.482 e. The second-order valence-corrected chi connectivity index (χ2v) is 7.08. The van der Waals surface area contributed by atoms with E-state index >= 15 is 0 Å². The standard InChI is InChI=1S/C19H29F3N4O5/c1-14-11-15(31-13-19(20,21)22)17(18(23-14)30-10-9-29-2)24-16(28)12-26-5-3-25(4-6-26)7-8-27/h11,27H,3-10,12-13H2,1-2H3,(H,24,28). The van der Waals surface area contributed by atoms with Crippen LogP contribution in [0.1, 0.15) is 5.69 Å². The van der Waals surface area contributed by atoms with Gasteiger partial charge in [-0.2, -0.15) is 13.2 Å². The zero-order valence-corrected chi connectivity index (χ0v) is 17.7. The number of nitrogens with one attached hydrogen (secondary N) is 1. The van der Waals surface area contributed by atoms with Gasteiger partial charge in [0, 0.05) is 51.6 Å². The number of nitrogens with zero attached hydrogens (tertiary/aromatic N) is 3. The van der Waals surface area contributed by atoms with Gasteiger partial charge in [0.15, 0.2) is 12.4 Å². The molecule has 2 rings (SSSR count). The number of carbonyl (C=O) groups is 1. The van der Waals surface area contributed by atoms with Gasteiger partial charge in [0.25, 0.3) is 0 Å². The van der Waals surface area contributed by atoms with E-state index in [4.69, 9.17) is 19.3 Å². The van der Waals surface area contributed by atoms with Crippen LogP contribution >= 0.6 is 0 Å². The van der Waals surface area contributed by atoms with Gasteiger partial charge < -0.3 is 24.6 Å². The molecule has 2 N–H and O–H groups in total. The Balaban J connectivity index is 2.10. The number of ether oxygens (including phenoxy) is 3. The summed E-state index contributed by atoms with van der Waals surface area (Å²) >= 11 is 0. The van der Waals surface area contributed by atoms with E-state index in [9.17, 15) is 18.0 Å². The van der Waals surface area contributed by atoms with Crippen LogP contribution in [-0.2, 0) is 9.53 Å². The number of pyridine rings is 1. The van der Waals surface area contributed by atoms with Crippen molar-refractivity contribution in [3.05, 3.63) is 11.8 Å². The first kappa shape index (κ1) is 25.1. The summed E-state index contributed by atoms with van der Waals surface area (Å²) in [5.41, 5.74) is 0.331. The average molecular weight is 450 g/mol. The Kier molecular flexibility index (Phi) is 9.75. The molecule has 31 heavy (non-hydrogen) atoms. The fourth-order valence-electron chi connectivity index (χ4n) is 3.02. The molecule has 0 unspecified atom stereocenters. The van der Waals surface area contributed by atoms with Gasteiger partial charge in [-0.15, -0.1) is 0 Å². The number of aromatic nitrogens is 1. The van der Waals surface area contributed by atoms with Crippen molar-refractivity contribution in [1.29, 1.82) is 0 Å². The Morgan fingerprint density at radius 3 is 2.48 bits per heavy atom. The molecule has 0 radical (unpaired) electrons. The molecule has 0 aromatic carbocycles. The van der Waals surface area contributed by atoms with Gasteiger partial charge in [-0.1, -0.05) is 0 Å². The number of anilines is 1. The summed E-state index contributed by atoms with van der Waals surface area (Å²) in [6.45, 7) is 3.81. The first-order valence-electron chi connectivity index (χ1n) is 9.90. The number of amides is 1. The number of rotatable bonds is 11. The Hall–Kier alpha value is -2.15. The molecular formula is C19H29F3N4O5. The van der Waals surface area contributed by atoms with Crippen molar-refractivity contribution in [3.8, 4) is 11.6 Å². The predicted octanol–water partition coefficient (Wildman–Crippen LogP) is 0.905. The average Bonchev–Trinajstić information content (AvgIpc) is 2.69. The van der Waals surface area contributed by atoms with Gasteiger partial charge in [0.2, 0.25) is 11.8 Å². The highest BCUT2D eigenvalue weighted by atomic mass is 19.4. The van der Waals surface area contributed by atoms with Crippen LogP contribution < -0.4 is 14.8 Å². The molecule has 0 bridgehead atoms. The minimum Gasteiger partial charge on any atom is -0.482 e. The van der Waals surface area contributed by atoms with Crippen molar-refractivity contribution in [2.75, 3.05) is 78.1 Å². The van der Waals surface area contributed by atoms with Gasteiger partial charge >= 0.3 is 6.18 Å². The van der Waals surface area contributed by atoms with Gasteiger partial charge in [0.05, 0.1) is 19.8 Å². The van der Waals surface area contributed by atoms with Crippen LogP contribution in [0.3, 0.4) is 0 Å². The number of methoxy groups -OCH3 is 1. The summed E-state index contributed by atoms with van der Waals surface area (Å²) in [5, 5.41) is 11.6. The number of alkyl halides is 3. The predicted molar refractivity (Wildman–Crippen MR) is 106 cm³/mol. The molecule has 2 heterocycles. The molecule has 9 nitrogen and oxygen atoms in total. The van der Waals surface area contributed by atoms with E-state index < -0.39 is 18.7 Å². The van der Waals surface area contributed by atoms with Crippen molar-refractivity contribution in [1.82, 2.24) is 14.8 Å². The molecule has 12 heteroatoms. The molecular weight excluding hydrogens is 421 g/mol. The third-order valence-electron chi connectivity index (χ3n) is 4.51. The molecule has 0 atom stereocenters. The smallest absolute Gasteiger partial charge is 0.422 e. The molecule has 1 amide bonds. The molecule has 0 spiro atoms. The highest BCUT2D eigenvalue weighted by Gasteiger charge is 2.30. The second-order valence-electron chi connectivity index (χ2n) is 7.08. The van der Waals surface area contributed by atoms with Crippen LogP contribution in [0.2, 0.25) is 0 Å². The molecule has 0 aliphatic carbocycles. The van der Waals surface area contributed by atoms with E-state index in [1.807, 2.05) is 4.90 Å². The number of β-amino-alcohol motifs (C(OH)–C–C–N with tert-alkyl or cyclic N) is 1. The lowest BCUT2D eigenvalue weighted by Crippen LogP contribution is -2.49. The Morgan fingerprint density at radius 1 is 1.19 bits per heavy atom. The topological polar surface area (TPSA) is 96.4 Å². The summed E-state index contributed by atoms with van der Waals surface area (Å²) < 4.78 is 53.4. The maximum Gasteiger partial charge on any atom is 0.422 e. The van der Waals surface area contributed by atoms with Crippen LogP contribution in [0.5, 0.6) is 11.6 Å². The minimum absolute atomic E-state index is 0.0321. The van der Waals surface area contributed by atoms with Crippen molar-refractivity contribution in [3.63, 3.8) is 0 Å². The highest BCUT2D eigenvalue weighted by molar-refractivity contribution is 5.95. The lowest BCUT2D eigenvalue weighted by Gasteiger charge is -2.33. The Morgan fingerprint density at radius 2 is 1.87 bits per heavy atom. The molecule has 0 saturated carbocycles. The third-order valence-corrected chi connectivity index (χ3v) is 4.51. The number of hydrogen-bond donors (Lipinski definition) is 2. The second kappa shape index (κ2) is 12.0. The summed E-state index contributed by atoms with van der Waals surface area (Å²) in [6, 6.07) is 1.32. The van der Waals surface area contributed by atoms with E-state index in [0.29, 0.717) is 38.4 Å². The number of aryl methyl sites for hydroxylation is 1. The number of carbonyl (C=O) groups excluding carboxylic acids is 1. The fraction of sp³-hybridized carbons (Fsp3) is 0.684. The van der Waals surface area contributed by atoms with Crippen LogP contribution in [0, 0.1) is 6.92 Å². The number of aliphatic hydroxyl groups is 1. The van der Waals surface area contributed by atoms with Crippen LogP contribution in [0.15, 0.2) is 6.07 Å². The minimum atomic E-state index is -4.54. The van der Waals surface area contributed by atoms with E-state index in [0.717, 1.165) is 0 Å². The van der Waals surface area contributed by atoms with Gasteiger partial charge in [-0.3, -0.25) is 14.6 Å². The Bertz CT molecular complexity index is 713. The fourth-order valence-corrected chi connectivity index (χ4v) is 3.02. The van der Waals surface area contributed by atoms with E-state index in [-0.39, 0.29) is 43.7 Å². The zero-order valence-electron chi connectivity index (χ0n) is 17.7. The summed E-state index contributed by atoms with van der Waals surface area (Å²) in [4.78, 5) is 20.8. The van der Waals surface area contributed by atoms with Crippen LogP contribution in [0.4, 0.5) is 18.9 Å². The van der Waals surface area contributed by atoms with Crippen molar-refractivity contribution < 1.29 is 37.3 Å². The first-order valence-corrected chi connectivity index (χ1v) is 9.90. The zero-order chi connectivity index (χ0) is 22.9. The van der Waals surface area contributed by atoms with Gasteiger partial charge in [-0.25, -0.2) is 4.98 Å². The molecule has 1 aromatic rings. The maximum atomic E-state index is 12.7. The van der Waals surface area contributed by atoms with Crippen molar-refractivity contribution in [2.45, 2.75) is 13.1 Å². The van der Waals surface area contributed by atoms with E-state index in [1.54, 1.807) is 6.92 Å². The summed E-state index contributed by atoms with van der Waals surface area (Å²) in [5.74, 6) is -0.622. The number of aliphatic hydroxyl groups excluding tert-OH is 1. The molecule has 1 aromatic heterocycles. The lowest BCUT2D eigenvalue weighted by atomic mass is 10.3. The normalized spacial score (nSPS) is 15.7. The summed E-state index contributed by atoms with van der Waals surface area (Å²) in [6.07, 6.45) is -4.54. The van der Waals surface area contributed by atoms with Gasteiger partial charge in [-0.05, 0) is 6.92 Å². The van der Waals surface area contributed by atoms with Crippen molar-refractivity contribution >= 4 is 11.6 Å². The van der Waals surface area contributed by atoms with Crippen LogP contribution in [0.25, 0.3) is 0 Å². The number of hydrogen-bond acceptors (Lipinski definition) is 8.